The molecule has 2 aromatic rings. The Morgan fingerprint density at radius 2 is 2.11 bits per heavy atom. The summed E-state index contributed by atoms with van der Waals surface area (Å²) < 4.78 is 2.47. The molecule has 3 atom stereocenters. The summed E-state index contributed by atoms with van der Waals surface area (Å²) in [6.07, 6.45) is 7.36. The van der Waals surface area contributed by atoms with Crippen LogP contribution in [0.2, 0.25) is 0 Å². The van der Waals surface area contributed by atoms with Crippen LogP contribution in [0.1, 0.15) is 38.6 Å². The highest BCUT2D eigenvalue weighted by Gasteiger charge is 2.26. The number of hydrogen-bond acceptors (Lipinski definition) is 1. The molecule has 18 heavy (non-hydrogen) atoms. The van der Waals surface area contributed by atoms with E-state index < -0.39 is 0 Å². The number of para-hydroxylation sites is 1. The van der Waals surface area contributed by atoms with Gasteiger partial charge in [0.1, 0.15) is 0 Å². The first-order valence-corrected chi connectivity index (χ1v) is 7.05. The van der Waals surface area contributed by atoms with Crippen molar-refractivity contribution in [2.45, 2.75) is 44.7 Å². The molecular formula is C16H22N2. The third-order valence-corrected chi connectivity index (χ3v) is 4.24. The van der Waals surface area contributed by atoms with Crippen molar-refractivity contribution in [3.63, 3.8) is 0 Å². The van der Waals surface area contributed by atoms with Crippen LogP contribution in [0.25, 0.3) is 10.9 Å². The van der Waals surface area contributed by atoms with Gasteiger partial charge in [-0.15, -0.1) is 0 Å². The summed E-state index contributed by atoms with van der Waals surface area (Å²) in [6, 6.07) is 11.9. The van der Waals surface area contributed by atoms with E-state index in [1.165, 1.54) is 36.6 Å². The average molecular weight is 242 g/mol. The molecule has 0 amide bonds. The van der Waals surface area contributed by atoms with Crippen molar-refractivity contribution in [1.82, 2.24) is 4.57 Å². The monoisotopic (exact) mass is 242 g/mol. The van der Waals surface area contributed by atoms with E-state index in [4.69, 9.17) is 5.73 Å². The standard InChI is InChI=1S/C16H22N2/c1-12(17)10-13-6-7-15(11-13)18-9-8-14-4-2-3-5-16(14)18/h2-5,8-9,12-13,15H,6-7,10-11,17H2,1H3. The molecule has 2 N–H and O–H groups in total. The Bertz CT molecular complexity index is 527. The van der Waals surface area contributed by atoms with E-state index in [2.05, 4.69) is 48.0 Å². The zero-order valence-corrected chi connectivity index (χ0v) is 11.0. The fourth-order valence-corrected chi connectivity index (χ4v) is 3.46. The molecule has 96 valence electrons. The number of benzene rings is 1. The Kier molecular flexibility index (Phi) is 3.13. The Labute approximate surface area is 109 Å². The normalized spacial score (nSPS) is 25.7. The summed E-state index contributed by atoms with van der Waals surface area (Å²) in [7, 11) is 0. The third-order valence-electron chi connectivity index (χ3n) is 4.24. The van der Waals surface area contributed by atoms with Crippen molar-refractivity contribution < 1.29 is 0 Å². The molecule has 0 bridgehead atoms. The molecule has 2 nitrogen and oxygen atoms in total. The molecule has 1 fully saturated rings. The number of fused-ring (bicyclic) bond motifs is 1. The lowest BCUT2D eigenvalue weighted by Gasteiger charge is -2.16. The van der Waals surface area contributed by atoms with Crippen molar-refractivity contribution in [3.8, 4) is 0 Å². The second-order valence-corrected chi connectivity index (χ2v) is 5.83. The van der Waals surface area contributed by atoms with Crippen LogP contribution in [0, 0.1) is 5.92 Å². The summed E-state index contributed by atoms with van der Waals surface area (Å²) in [5.41, 5.74) is 7.30. The zero-order chi connectivity index (χ0) is 12.5. The van der Waals surface area contributed by atoms with Crippen LogP contribution in [0.15, 0.2) is 36.5 Å². The molecular weight excluding hydrogens is 220 g/mol. The molecule has 1 aromatic heterocycles. The van der Waals surface area contributed by atoms with Crippen LogP contribution in [-0.4, -0.2) is 10.6 Å². The van der Waals surface area contributed by atoms with Crippen LogP contribution < -0.4 is 5.73 Å². The first kappa shape index (κ1) is 11.8. The van der Waals surface area contributed by atoms with Crippen molar-refractivity contribution in [1.29, 1.82) is 0 Å². The lowest BCUT2D eigenvalue weighted by atomic mass is 9.99. The molecule has 1 aliphatic rings. The maximum atomic E-state index is 5.92. The molecule has 1 aliphatic carbocycles. The molecule has 2 heteroatoms. The van der Waals surface area contributed by atoms with Gasteiger partial charge >= 0.3 is 0 Å². The highest BCUT2D eigenvalue weighted by Crippen LogP contribution is 2.38. The second kappa shape index (κ2) is 4.77. The maximum Gasteiger partial charge on any atom is 0.0482 e. The SMILES string of the molecule is CC(N)CC1CCC(n2ccc3ccccc32)C1. The lowest BCUT2D eigenvalue weighted by Crippen LogP contribution is -2.18. The smallest absolute Gasteiger partial charge is 0.0482 e. The Morgan fingerprint density at radius 1 is 1.28 bits per heavy atom. The molecule has 1 saturated carbocycles. The molecule has 0 saturated heterocycles. The van der Waals surface area contributed by atoms with Gasteiger partial charge in [-0.1, -0.05) is 18.2 Å². The van der Waals surface area contributed by atoms with Gasteiger partial charge in [-0.05, 0) is 56.0 Å². The molecule has 3 unspecified atom stereocenters. The fraction of sp³-hybridized carbons (Fsp3) is 0.500. The van der Waals surface area contributed by atoms with Crippen molar-refractivity contribution in [2.75, 3.05) is 0 Å². The Hall–Kier alpha value is -1.28. The van der Waals surface area contributed by atoms with Crippen LogP contribution in [-0.2, 0) is 0 Å². The fourth-order valence-electron chi connectivity index (χ4n) is 3.46. The lowest BCUT2D eigenvalue weighted by molar-refractivity contribution is 0.433. The van der Waals surface area contributed by atoms with E-state index in [0.29, 0.717) is 12.1 Å². The van der Waals surface area contributed by atoms with Crippen molar-refractivity contribution >= 4 is 10.9 Å². The number of rotatable bonds is 3. The molecule has 3 rings (SSSR count). The highest BCUT2D eigenvalue weighted by molar-refractivity contribution is 5.80. The summed E-state index contributed by atoms with van der Waals surface area (Å²) in [4.78, 5) is 0. The summed E-state index contributed by atoms with van der Waals surface area (Å²) in [6.45, 7) is 2.12. The Balaban J connectivity index is 1.80. The van der Waals surface area contributed by atoms with E-state index in [0.717, 1.165) is 5.92 Å². The highest BCUT2D eigenvalue weighted by atomic mass is 15.0. The first-order valence-electron chi connectivity index (χ1n) is 7.05. The van der Waals surface area contributed by atoms with Gasteiger partial charge in [-0.3, -0.25) is 0 Å². The number of nitrogens with two attached hydrogens (primary N) is 1. The predicted molar refractivity (Wildman–Crippen MR) is 76.6 cm³/mol. The largest absolute Gasteiger partial charge is 0.344 e. The minimum absolute atomic E-state index is 0.343. The van der Waals surface area contributed by atoms with E-state index in [-0.39, 0.29) is 0 Å². The van der Waals surface area contributed by atoms with Gasteiger partial charge in [-0.2, -0.15) is 0 Å². The van der Waals surface area contributed by atoms with E-state index in [1.54, 1.807) is 0 Å². The average Bonchev–Trinajstić information content (AvgIpc) is 2.94. The number of hydrogen-bond donors (Lipinski definition) is 1. The minimum atomic E-state index is 0.343. The van der Waals surface area contributed by atoms with Gasteiger partial charge in [0.15, 0.2) is 0 Å². The van der Waals surface area contributed by atoms with Gasteiger partial charge in [0.2, 0.25) is 0 Å². The van der Waals surface area contributed by atoms with E-state index in [1.807, 2.05) is 0 Å². The Morgan fingerprint density at radius 3 is 2.94 bits per heavy atom. The van der Waals surface area contributed by atoms with E-state index >= 15 is 0 Å². The topological polar surface area (TPSA) is 30.9 Å². The van der Waals surface area contributed by atoms with Crippen molar-refractivity contribution in [3.05, 3.63) is 36.5 Å². The molecule has 1 heterocycles. The van der Waals surface area contributed by atoms with E-state index in [9.17, 15) is 0 Å². The number of aromatic nitrogens is 1. The molecule has 0 radical (unpaired) electrons. The summed E-state index contributed by atoms with van der Waals surface area (Å²) >= 11 is 0. The predicted octanol–water partition coefficient (Wildman–Crippen LogP) is 3.72. The quantitative estimate of drug-likeness (QED) is 0.873. The molecule has 0 aliphatic heterocycles. The van der Waals surface area contributed by atoms with Gasteiger partial charge < -0.3 is 10.3 Å². The molecule has 0 spiro atoms. The maximum absolute atomic E-state index is 5.92. The summed E-state index contributed by atoms with van der Waals surface area (Å²) in [5, 5.41) is 1.35. The van der Waals surface area contributed by atoms with Gasteiger partial charge in [0, 0.05) is 23.8 Å². The van der Waals surface area contributed by atoms with Crippen LogP contribution in [0.4, 0.5) is 0 Å². The second-order valence-electron chi connectivity index (χ2n) is 5.83. The first-order chi connectivity index (χ1) is 8.74. The van der Waals surface area contributed by atoms with Crippen molar-refractivity contribution in [2.24, 2.45) is 11.7 Å². The van der Waals surface area contributed by atoms with Crippen LogP contribution in [0.5, 0.6) is 0 Å². The van der Waals surface area contributed by atoms with Gasteiger partial charge in [-0.25, -0.2) is 0 Å². The molecule has 1 aromatic carbocycles. The van der Waals surface area contributed by atoms with Crippen LogP contribution in [0.3, 0.4) is 0 Å². The third kappa shape index (κ3) is 2.17. The van der Waals surface area contributed by atoms with Crippen LogP contribution >= 0.6 is 0 Å². The number of nitrogens with zero attached hydrogens (tertiary/aromatic N) is 1. The summed E-state index contributed by atoms with van der Waals surface area (Å²) in [5.74, 6) is 0.816. The van der Waals surface area contributed by atoms with Gasteiger partial charge in [0.05, 0.1) is 0 Å². The minimum Gasteiger partial charge on any atom is -0.344 e. The zero-order valence-electron chi connectivity index (χ0n) is 11.0. The van der Waals surface area contributed by atoms with Gasteiger partial charge in [0.25, 0.3) is 0 Å².